The van der Waals surface area contributed by atoms with Crippen LogP contribution in [-0.2, 0) is 6.54 Å². The van der Waals surface area contributed by atoms with Crippen molar-refractivity contribution >= 4 is 0 Å². The normalized spacial score (nSPS) is 18.9. The molecular formula is C15H20N4O. The minimum Gasteiger partial charge on any atom is -0.339 e. The highest BCUT2D eigenvalue weighted by Crippen LogP contribution is 2.24. The van der Waals surface area contributed by atoms with Crippen LogP contribution in [0.3, 0.4) is 0 Å². The van der Waals surface area contributed by atoms with Crippen LogP contribution in [0.4, 0.5) is 0 Å². The summed E-state index contributed by atoms with van der Waals surface area (Å²) >= 11 is 0. The van der Waals surface area contributed by atoms with Gasteiger partial charge in [0, 0.05) is 18.7 Å². The van der Waals surface area contributed by atoms with E-state index >= 15 is 0 Å². The van der Waals surface area contributed by atoms with Gasteiger partial charge in [-0.2, -0.15) is 4.98 Å². The van der Waals surface area contributed by atoms with Crippen molar-refractivity contribution in [1.82, 2.24) is 20.4 Å². The molecule has 0 amide bonds. The topological polar surface area (TPSA) is 54.2 Å². The molecule has 5 heteroatoms. The van der Waals surface area contributed by atoms with E-state index in [4.69, 9.17) is 4.52 Å². The maximum Gasteiger partial charge on any atom is 0.231 e. The lowest BCUT2D eigenvalue weighted by Gasteiger charge is -2.09. The molecule has 0 radical (unpaired) electrons. The Hall–Kier alpha value is -1.72. The van der Waals surface area contributed by atoms with Gasteiger partial charge in [0.05, 0.1) is 5.92 Å². The molecule has 1 N–H and O–H groups in total. The highest BCUT2D eigenvalue weighted by Gasteiger charge is 2.22. The fraction of sp³-hybridized carbons (Fsp3) is 0.467. The third kappa shape index (κ3) is 2.89. The number of benzene rings is 1. The average molecular weight is 272 g/mol. The molecule has 1 aromatic heterocycles. The molecule has 0 saturated carbocycles. The zero-order valence-electron chi connectivity index (χ0n) is 12.0. The van der Waals surface area contributed by atoms with Crippen molar-refractivity contribution in [3.63, 3.8) is 0 Å². The molecule has 0 aliphatic carbocycles. The molecule has 2 heterocycles. The van der Waals surface area contributed by atoms with Gasteiger partial charge in [0.2, 0.25) is 11.7 Å². The lowest BCUT2D eigenvalue weighted by molar-refractivity contribution is 0.359. The molecule has 2 aromatic rings. The van der Waals surface area contributed by atoms with Crippen LogP contribution in [-0.4, -0.2) is 42.2 Å². The van der Waals surface area contributed by atoms with E-state index in [1.807, 2.05) is 0 Å². The molecule has 20 heavy (non-hydrogen) atoms. The zero-order chi connectivity index (χ0) is 13.9. The van der Waals surface area contributed by atoms with E-state index in [0.29, 0.717) is 11.7 Å². The highest BCUT2D eigenvalue weighted by molar-refractivity contribution is 5.54. The first-order chi connectivity index (χ1) is 9.72. The Morgan fingerprint density at radius 3 is 2.75 bits per heavy atom. The predicted molar refractivity (Wildman–Crippen MR) is 77.4 cm³/mol. The fourth-order valence-electron chi connectivity index (χ4n) is 2.51. The van der Waals surface area contributed by atoms with Crippen molar-refractivity contribution in [2.24, 2.45) is 0 Å². The largest absolute Gasteiger partial charge is 0.339 e. The van der Waals surface area contributed by atoms with Crippen molar-refractivity contribution in [3.05, 3.63) is 35.7 Å². The lowest BCUT2D eigenvalue weighted by atomic mass is 10.1. The summed E-state index contributed by atoms with van der Waals surface area (Å²) < 4.78 is 5.39. The summed E-state index contributed by atoms with van der Waals surface area (Å²) in [6, 6.07) is 8.34. The van der Waals surface area contributed by atoms with Crippen molar-refractivity contribution in [2.75, 3.05) is 27.2 Å². The number of nitrogens with zero attached hydrogens (tertiary/aromatic N) is 3. The summed E-state index contributed by atoms with van der Waals surface area (Å²) in [5, 5.41) is 7.41. The Morgan fingerprint density at radius 2 is 2.10 bits per heavy atom. The monoisotopic (exact) mass is 272 g/mol. The van der Waals surface area contributed by atoms with Crippen LogP contribution in [0.5, 0.6) is 0 Å². The SMILES string of the molecule is CN(C)Cc1ccc(-c2noc([C@@H]3CCNC3)n2)cc1. The first-order valence-electron chi connectivity index (χ1n) is 7.01. The molecule has 0 spiro atoms. The summed E-state index contributed by atoms with van der Waals surface area (Å²) in [5.41, 5.74) is 2.29. The summed E-state index contributed by atoms with van der Waals surface area (Å²) in [5.74, 6) is 1.80. The predicted octanol–water partition coefficient (Wildman–Crippen LogP) is 1.88. The molecule has 106 valence electrons. The fourth-order valence-corrected chi connectivity index (χ4v) is 2.51. The molecule has 1 fully saturated rings. The van der Waals surface area contributed by atoms with Crippen molar-refractivity contribution < 1.29 is 4.52 Å². The summed E-state index contributed by atoms with van der Waals surface area (Å²) in [6.07, 6.45) is 1.07. The maximum absolute atomic E-state index is 5.39. The van der Waals surface area contributed by atoms with Gasteiger partial charge in [-0.1, -0.05) is 29.4 Å². The Kier molecular flexibility index (Phi) is 3.80. The molecule has 1 aliphatic heterocycles. The van der Waals surface area contributed by atoms with Gasteiger partial charge in [0.15, 0.2) is 0 Å². The van der Waals surface area contributed by atoms with Gasteiger partial charge in [-0.25, -0.2) is 0 Å². The van der Waals surface area contributed by atoms with E-state index < -0.39 is 0 Å². The van der Waals surface area contributed by atoms with E-state index in [1.54, 1.807) is 0 Å². The van der Waals surface area contributed by atoms with Crippen LogP contribution in [0.25, 0.3) is 11.4 Å². The third-order valence-corrected chi connectivity index (χ3v) is 3.56. The van der Waals surface area contributed by atoms with Crippen molar-refractivity contribution in [3.8, 4) is 11.4 Å². The molecule has 0 bridgehead atoms. The molecule has 5 nitrogen and oxygen atoms in total. The Balaban J connectivity index is 1.75. The van der Waals surface area contributed by atoms with Crippen LogP contribution in [0, 0.1) is 0 Å². The third-order valence-electron chi connectivity index (χ3n) is 3.56. The maximum atomic E-state index is 5.39. The smallest absolute Gasteiger partial charge is 0.231 e. The molecule has 1 saturated heterocycles. The number of nitrogens with one attached hydrogen (secondary N) is 1. The number of aromatic nitrogens is 2. The molecule has 3 rings (SSSR count). The second kappa shape index (κ2) is 5.73. The van der Waals surface area contributed by atoms with Crippen molar-refractivity contribution in [1.29, 1.82) is 0 Å². The number of hydrogen-bond acceptors (Lipinski definition) is 5. The van der Waals surface area contributed by atoms with Gasteiger partial charge in [-0.3, -0.25) is 0 Å². The van der Waals surface area contributed by atoms with Crippen LogP contribution in [0.1, 0.15) is 23.8 Å². The van der Waals surface area contributed by atoms with E-state index in [0.717, 1.165) is 37.5 Å². The quantitative estimate of drug-likeness (QED) is 0.921. The lowest BCUT2D eigenvalue weighted by Crippen LogP contribution is -2.10. The van der Waals surface area contributed by atoms with Crippen LogP contribution >= 0.6 is 0 Å². The first kappa shape index (κ1) is 13.3. The first-order valence-corrected chi connectivity index (χ1v) is 7.01. The molecule has 1 atom stereocenters. The van der Waals surface area contributed by atoms with Crippen LogP contribution in [0.15, 0.2) is 28.8 Å². The zero-order valence-corrected chi connectivity index (χ0v) is 12.0. The van der Waals surface area contributed by atoms with Gasteiger partial charge in [0.25, 0.3) is 0 Å². The van der Waals surface area contributed by atoms with Gasteiger partial charge < -0.3 is 14.7 Å². The van der Waals surface area contributed by atoms with Gasteiger partial charge in [-0.05, 0) is 32.6 Å². The van der Waals surface area contributed by atoms with E-state index in [-0.39, 0.29) is 0 Å². The minimum absolute atomic E-state index is 0.365. The second-order valence-electron chi connectivity index (χ2n) is 5.58. The Bertz CT molecular complexity index is 556. The van der Waals surface area contributed by atoms with Crippen LogP contribution < -0.4 is 5.32 Å². The van der Waals surface area contributed by atoms with Gasteiger partial charge >= 0.3 is 0 Å². The van der Waals surface area contributed by atoms with E-state index in [2.05, 4.69) is 58.7 Å². The number of hydrogen-bond donors (Lipinski definition) is 1. The second-order valence-corrected chi connectivity index (χ2v) is 5.58. The highest BCUT2D eigenvalue weighted by atomic mass is 16.5. The molecular weight excluding hydrogens is 252 g/mol. The summed E-state index contributed by atoms with van der Waals surface area (Å²) in [7, 11) is 4.13. The van der Waals surface area contributed by atoms with Crippen molar-refractivity contribution in [2.45, 2.75) is 18.9 Å². The van der Waals surface area contributed by atoms with E-state index in [1.165, 1.54) is 5.56 Å². The Morgan fingerprint density at radius 1 is 1.30 bits per heavy atom. The van der Waals surface area contributed by atoms with E-state index in [9.17, 15) is 0 Å². The minimum atomic E-state index is 0.365. The van der Waals surface area contributed by atoms with Gasteiger partial charge in [0.1, 0.15) is 0 Å². The summed E-state index contributed by atoms with van der Waals surface area (Å²) in [4.78, 5) is 6.67. The summed E-state index contributed by atoms with van der Waals surface area (Å²) in [6.45, 7) is 2.90. The standard InChI is InChI=1S/C15H20N4O/c1-19(2)10-11-3-5-12(6-4-11)14-17-15(20-18-14)13-7-8-16-9-13/h3-6,13,16H,7-10H2,1-2H3/t13-/m1/s1. The average Bonchev–Trinajstić information content (AvgIpc) is 3.10. The molecule has 0 unspecified atom stereocenters. The number of rotatable bonds is 4. The van der Waals surface area contributed by atoms with Crippen LogP contribution in [0.2, 0.25) is 0 Å². The van der Waals surface area contributed by atoms with Gasteiger partial charge in [-0.15, -0.1) is 0 Å². The Labute approximate surface area is 119 Å². The molecule has 1 aliphatic rings. The molecule has 1 aromatic carbocycles.